The van der Waals surface area contributed by atoms with E-state index in [-0.39, 0.29) is 11.9 Å². The van der Waals surface area contributed by atoms with Gasteiger partial charge in [0.05, 0.1) is 0 Å². The third kappa shape index (κ3) is 3.30. The molecule has 15 heavy (non-hydrogen) atoms. The summed E-state index contributed by atoms with van der Waals surface area (Å²) >= 11 is 0. The van der Waals surface area contributed by atoms with Crippen molar-refractivity contribution in [3.05, 3.63) is 35.4 Å². The Morgan fingerprint density at radius 1 is 1.53 bits per heavy atom. The second-order valence-electron chi connectivity index (χ2n) is 3.05. The Morgan fingerprint density at radius 3 is 2.87 bits per heavy atom. The van der Waals surface area contributed by atoms with Crippen LogP contribution in [0.3, 0.4) is 0 Å². The molecule has 0 heterocycles. The quantitative estimate of drug-likeness (QED) is 0.426. The molecule has 0 atom stereocenters. The van der Waals surface area contributed by atoms with Gasteiger partial charge in [0.1, 0.15) is 5.84 Å². The van der Waals surface area contributed by atoms with Crippen LogP contribution in [0.1, 0.15) is 11.1 Å². The molecule has 1 aromatic rings. The number of nitrogen functional groups attached to an aromatic ring is 1. The van der Waals surface area contributed by atoms with E-state index in [9.17, 15) is 4.79 Å². The van der Waals surface area contributed by atoms with Crippen molar-refractivity contribution >= 4 is 11.9 Å². The zero-order chi connectivity index (χ0) is 11.3. The molecule has 5 N–H and O–H groups in total. The minimum Gasteiger partial charge on any atom is -0.384 e. The lowest BCUT2D eigenvalue weighted by atomic mass is 10.1. The average Bonchev–Trinajstić information content (AvgIpc) is 2.26. The first-order chi connectivity index (χ1) is 7.13. The number of benzene rings is 1. The maximum Gasteiger partial charge on any atom is 0.314 e. The Balaban J connectivity index is 2.66. The highest BCUT2D eigenvalue weighted by Gasteiger charge is 2.00. The van der Waals surface area contributed by atoms with E-state index in [1.807, 2.05) is 6.07 Å². The predicted octanol–water partition coefficient (Wildman–Crippen LogP) is 0.400. The summed E-state index contributed by atoms with van der Waals surface area (Å²) in [5.74, 6) is 0.0248. The molecule has 2 amide bonds. The molecule has 0 aliphatic carbocycles. The summed E-state index contributed by atoms with van der Waals surface area (Å²) in [5, 5.41) is 12.4. The second-order valence-corrected chi connectivity index (χ2v) is 3.05. The normalized spacial score (nSPS) is 9.40. The first-order valence-corrected chi connectivity index (χ1v) is 4.52. The molecule has 0 bridgehead atoms. The molecule has 5 nitrogen and oxygen atoms in total. The SMILES string of the molecule is CNC(=O)NCc1cccc(C(=N)N)c1. The Hall–Kier alpha value is -2.04. The lowest BCUT2D eigenvalue weighted by Crippen LogP contribution is -2.32. The Labute approximate surface area is 88.2 Å². The van der Waals surface area contributed by atoms with E-state index in [0.717, 1.165) is 5.56 Å². The van der Waals surface area contributed by atoms with Crippen LogP contribution < -0.4 is 16.4 Å². The fraction of sp³-hybridized carbons (Fsp3) is 0.200. The standard InChI is InChI=1S/C10H14N4O/c1-13-10(15)14-6-7-3-2-4-8(5-7)9(11)12/h2-5H,6H2,1H3,(H3,11,12)(H2,13,14,15). The Morgan fingerprint density at radius 2 is 2.27 bits per heavy atom. The van der Waals surface area contributed by atoms with E-state index >= 15 is 0 Å². The van der Waals surface area contributed by atoms with Crippen LogP contribution in [0.2, 0.25) is 0 Å². The third-order valence-corrected chi connectivity index (χ3v) is 1.92. The summed E-state index contributed by atoms with van der Waals surface area (Å²) in [4.78, 5) is 10.9. The smallest absolute Gasteiger partial charge is 0.314 e. The highest BCUT2D eigenvalue weighted by atomic mass is 16.2. The van der Waals surface area contributed by atoms with Gasteiger partial charge >= 0.3 is 6.03 Å². The van der Waals surface area contributed by atoms with E-state index in [4.69, 9.17) is 11.1 Å². The van der Waals surface area contributed by atoms with Crippen molar-refractivity contribution < 1.29 is 4.79 Å². The summed E-state index contributed by atoms with van der Waals surface area (Å²) in [6, 6.07) is 6.97. The molecule has 0 fully saturated rings. The van der Waals surface area contributed by atoms with Gasteiger partial charge in [0.15, 0.2) is 0 Å². The first-order valence-electron chi connectivity index (χ1n) is 4.52. The fourth-order valence-electron chi connectivity index (χ4n) is 1.12. The lowest BCUT2D eigenvalue weighted by Gasteiger charge is -2.05. The van der Waals surface area contributed by atoms with Crippen molar-refractivity contribution in [2.75, 3.05) is 7.05 Å². The van der Waals surface area contributed by atoms with Gasteiger partial charge < -0.3 is 16.4 Å². The third-order valence-electron chi connectivity index (χ3n) is 1.92. The van der Waals surface area contributed by atoms with E-state index in [0.29, 0.717) is 12.1 Å². The molecule has 5 heteroatoms. The Kier molecular flexibility index (Phi) is 3.68. The lowest BCUT2D eigenvalue weighted by molar-refractivity contribution is 0.242. The van der Waals surface area contributed by atoms with Gasteiger partial charge in [-0.1, -0.05) is 18.2 Å². The molecule has 0 aliphatic heterocycles. The summed E-state index contributed by atoms with van der Waals surface area (Å²) in [5.41, 5.74) is 6.92. The molecule has 0 aliphatic rings. The highest BCUT2D eigenvalue weighted by Crippen LogP contribution is 2.04. The van der Waals surface area contributed by atoms with Crippen molar-refractivity contribution in [3.63, 3.8) is 0 Å². The van der Waals surface area contributed by atoms with E-state index < -0.39 is 0 Å². The number of nitrogens with one attached hydrogen (secondary N) is 3. The minimum absolute atomic E-state index is 0.0248. The number of urea groups is 1. The largest absolute Gasteiger partial charge is 0.384 e. The number of hydrogen-bond donors (Lipinski definition) is 4. The van der Waals surface area contributed by atoms with E-state index in [1.165, 1.54) is 0 Å². The fourth-order valence-corrected chi connectivity index (χ4v) is 1.12. The first kappa shape index (κ1) is 11.0. The van der Waals surface area contributed by atoms with Crippen molar-refractivity contribution in [2.45, 2.75) is 6.54 Å². The summed E-state index contributed by atoms with van der Waals surface area (Å²) in [6.07, 6.45) is 0. The Bertz CT molecular complexity index is 375. The maximum atomic E-state index is 10.9. The van der Waals surface area contributed by atoms with Gasteiger partial charge in [-0.3, -0.25) is 5.41 Å². The van der Waals surface area contributed by atoms with Gasteiger partial charge in [-0.2, -0.15) is 0 Å². The number of rotatable bonds is 3. The summed E-state index contributed by atoms with van der Waals surface area (Å²) in [6.45, 7) is 0.417. The molecule has 1 rings (SSSR count). The highest BCUT2D eigenvalue weighted by molar-refractivity contribution is 5.95. The number of carbonyl (C=O) groups excluding carboxylic acids is 1. The van der Waals surface area contributed by atoms with Crippen molar-refractivity contribution in [3.8, 4) is 0 Å². The van der Waals surface area contributed by atoms with Crippen LogP contribution in [0.25, 0.3) is 0 Å². The molecule has 0 unspecified atom stereocenters. The van der Waals surface area contributed by atoms with Gasteiger partial charge in [-0.15, -0.1) is 0 Å². The molecular formula is C10H14N4O. The van der Waals surface area contributed by atoms with Crippen LogP contribution in [-0.4, -0.2) is 18.9 Å². The van der Waals surface area contributed by atoms with Crippen molar-refractivity contribution in [1.29, 1.82) is 5.41 Å². The van der Waals surface area contributed by atoms with Crippen LogP contribution in [0.5, 0.6) is 0 Å². The van der Waals surface area contributed by atoms with Crippen molar-refractivity contribution in [2.24, 2.45) is 5.73 Å². The van der Waals surface area contributed by atoms with Gasteiger partial charge in [-0.05, 0) is 11.6 Å². The average molecular weight is 206 g/mol. The molecule has 80 valence electrons. The predicted molar refractivity (Wildman–Crippen MR) is 58.8 cm³/mol. The topological polar surface area (TPSA) is 91.0 Å². The zero-order valence-corrected chi connectivity index (χ0v) is 8.50. The molecule has 0 spiro atoms. The molecular weight excluding hydrogens is 192 g/mol. The van der Waals surface area contributed by atoms with Gasteiger partial charge in [0.2, 0.25) is 0 Å². The number of amidine groups is 1. The summed E-state index contributed by atoms with van der Waals surface area (Å²) in [7, 11) is 1.56. The number of hydrogen-bond acceptors (Lipinski definition) is 2. The van der Waals surface area contributed by atoms with E-state index in [1.54, 1.807) is 25.2 Å². The van der Waals surface area contributed by atoms with Crippen LogP contribution in [0, 0.1) is 5.41 Å². The van der Waals surface area contributed by atoms with Crippen molar-refractivity contribution in [1.82, 2.24) is 10.6 Å². The second kappa shape index (κ2) is 4.99. The van der Waals surface area contributed by atoms with Crippen LogP contribution in [0.15, 0.2) is 24.3 Å². The number of nitrogens with two attached hydrogens (primary N) is 1. The van der Waals surface area contributed by atoms with Crippen LogP contribution in [-0.2, 0) is 6.54 Å². The maximum absolute atomic E-state index is 10.9. The van der Waals surface area contributed by atoms with Gasteiger partial charge in [0, 0.05) is 19.2 Å². The summed E-state index contributed by atoms with van der Waals surface area (Å²) < 4.78 is 0. The molecule has 1 aromatic carbocycles. The number of carbonyl (C=O) groups is 1. The number of amides is 2. The molecule has 0 saturated heterocycles. The van der Waals surface area contributed by atoms with E-state index in [2.05, 4.69) is 10.6 Å². The molecule has 0 saturated carbocycles. The van der Waals surface area contributed by atoms with Crippen LogP contribution >= 0.6 is 0 Å². The monoisotopic (exact) mass is 206 g/mol. The van der Waals surface area contributed by atoms with Gasteiger partial charge in [-0.25, -0.2) is 4.79 Å². The molecule has 0 radical (unpaired) electrons. The minimum atomic E-state index is -0.233. The zero-order valence-electron chi connectivity index (χ0n) is 8.50. The van der Waals surface area contributed by atoms with Crippen LogP contribution in [0.4, 0.5) is 4.79 Å². The van der Waals surface area contributed by atoms with Gasteiger partial charge in [0.25, 0.3) is 0 Å². The molecule has 0 aromatic heterocycles.